The van der Waals surface area contributed by atoms with Crippen LogP contribution in [0, 0.1) is 0 Å². The van der Waals surface area contributed by atoms with Gasteiger partial charge in [-0.1, -0.05) is 6.08 Å². The van der Waals surface area contributed by atoms with E-state index < -0.39 is 5.91 Å². The van der Waals surface area contributed by atoms with Crippen LogP contribution >= 0.6 is 24.8 Å². The minimum atomic E-state index is -0.533. The van der Waals surface area contributed by atoms with E-state index in [9.17, 15) is 4.79 Å². The van der Waals surface area contributed by atoms with Crippen LogP contribution in [-0.2, 0) is 4.79 Å². The first kappa shape index (κ1) is 15.9. The molecule has 3 N–H and O–H groups in total. The number of aliphatic hydroxyl groups is 1. The molecule has 0 heterocycles. The van der Waals surface area contributed by atoms with E-state index in [0.717, 1.165) is 6.08 Å². The Kier molecular flexibility index (Phi) is 18.9. The maximum Gasteiger partial charge on any atom is 0.241 e. The van der Waals surface area contributed by atoms with Crippen molar-refractivity contribution in [3.8, 4) is 0 Å². The van der Waals surface area contributed by atoms with Crippen molar-refractivity contribution in [2.75, 3.05) is 6.61 Å². The van der Waals surface area contributed by atoms with E-state index in [1.165, 1.54) is 6.08 Å². The number of aliphatic hydroxyl groups excluding tert-OH is 1. The third-order valence-electron chi connectivity index (χ3n) is 0.388. The van der Waals surface area contributed by atoms with Crippen molar-refractivity contribution in [3.05, 3.63) is 12.2 Å². The molecule has 0 fully saturated rings. The van der Waals surface area contributed by atoms with Crippen LogP contribution in [0.3, 0.4) is 0 Å². The molecule has 0 rings (SSSR count). The topological polar surface area (TPSA) is 63.3 Å². The van der Waals surface area contributed by atoms with Crippen LogP contribution in [0.4, 0.5) is 0 Å². The summed E-state index contributed by atoms with van der Waals surface area (Å²) in [6.45, 7) is -0.136. The lowest BCUT2D eigenvalue weighted by molar-refractivity contribution is -0.113. The van der Waals surface area contributed by atoms with Crippen LogP contribution in [-0.4, -0.2) is 17.6 Å². The van der Waals surface area contributed by atoms with E-state index >= 15 is 0 Å². The molecule has 0 bridgehead atoms. The number of primary amides is 1. The van der Waals surface area contributed by atoms with Gasteiger partial charge in [0, 0.05) is 6.08 Å². The molecule has 0 aromatic heterocycles. The highest BCUT2D eigenvalue weighted by molar-refractivity contribution is 5.86. The molecule has 0 aliphatic heterocycles. The molecule has 0 unspecified atom stereocenters. The SMILES string of the molecule is Cl.Cl.NC(=O)C=CCO. The summed E-state index contributed by atoms with van der Waals surface area (Å²) >= 11 is 0. The summed E-state index contributed by atoms with van der Waals surface area (Å²) in [5.74, 6) is -0.533. The standard InChI is InChI=1S/C4H7NO2.2ClH/c5-4(7)2-1-3-6;;/h1-2,6H,3H2,(H2,5,7);2*1H. The van der Waals surface area contributed by atoms with Gasteiger partial charge in [0.1, 0.15) is 0 Å². The van der Waals surface area contributed by atoms with Crippen LogP contribution in [0.2, 0.25) is 0 Å². The van der Waals surface area contributed by atoms with Gasteiger partial charge in [-0.25, -0.2) is 0 Å². The minimum Gasteiger partial charge on any atom is -0.392 e. The highest BCUT2D eigenvalue weighted by Gasteiger charge is 1.76. The Bertz CT molecular complexity index is 94.6. The zero-order valence-electron chi connectivity index (χ0n) is 4.61. The Hall–Kier alpha value is -0.250. The van der Waals surface area contributed by atoms with Crippen LogP contribution in [0.1, 0.15) is 0 Å². The molecule has 0 saturated carbocycles. The van der Waals surface area contributed by atoms with Gasteiger partial charge in [0.15, 0.2) is 0 Å². The average molecular weight is 174 g/mol. The first-order valence-corrected chi connectivity index (χ1v) is 1.84. The number of halogens is 2. The summed E-state index contributed by atoms with van der Waals surface area (Å²) < 4.78 is 0. The third-order valence-corrected chi connectivity index (χ3v) is 0.388. The van der Waals surface area contributed by atoms with Gasteiger partial charge in [-0.15, -0.1) is 24.8 Å². The second-order valence-electron chi connectivity index (χ2n) is 0.987. The van der Waals surface area contributed by atoms with Gasteiger partial charge in [-0.3, -0.25) is 4.79 Å². The molecule has 0 radical (unpaired) electrons. The largest absolute Gasteiger partial charge is 0.392 e. The third kappa shape index (κ3) is 18.2. The fourth-order valence-corrected chi connectivity index (χ4v) is 0.169. The number of carbonyl (C=O) groups is 1. The van der Waals surface area contributed by atoms with E-state index in [2.05, 4.69) is 5.73 Å². The van der Waals surface area contributed by atoms with Crippen molar-refractivity contribution < 1.29 is 9.90 Å². The second kappa shape index (κ2) is 10.7. The summed E-state index contributed by atoms with van der Waals surface area (Å²) in [6, 6.07) is 0. The van der Waals surface area contributed by atoms with Gasteiger partial charge in [0.25, 0.3) is 0 Å². The Balaban J connectivity index is -0.000000180. The average Bonchev–Trinajstić information content (AvgIpc) is 1.61. The van der Waals surface area contributed by atoms with Crippen molar-refractivity contribution >= 4 is 30.7 Å². The van der Waals surface area contributed by atoms with Gasteiger partial charge in [-0.05, 0) is 0 Å². The van der Waals surface area contributed by atoms with E-state index in [-0.39, 0.29) is 31.4 Å². The van der Waals surface area contributed by atoms with Crippen molar-refractivity contribution in [3.63, 3.8) is 0 Å². The molecule has 0 atom stereocenters. The molecule has 5 heteroatoms. The maximum absolute atomic E-state index is 9.78. The Morgan fingerprint density at radius 1 is 1.56 bits per heavy atom. The quantitative estimate of drug-likeness (QED) is 0.572. The fourth-order valence-electron chi connectivity index (χ4n) is 0.169. The summed E-state index contributed by atoms with van der Waals surface area (Å²) in [4.78, 5) is 9.78. The monoisotopic (exact) mass is 173 g/mol. The maximum atomic E-state index is 9.78. The van der Waals surface area contributed by atoms with Gasteiger partial charge in [-0.2, -0.15) is 0 Å². The molecule has 0 saturated heterocycles. The minimum absolute atomic E-state index is 0. The summed E-state index contributed by atoms with van der Waals surface area (Å²) in [5, 5.41) is 8.02. The van der Waals surface area contributed by atoms with Crippen molar-refractivity contribution in [1.82, 2.24) is 0 Å². The summed E-state index contributed by atoms with van der Waals surface area (Å²) in [6.07, 6.45) is 2.39. The fraction of sp³-hybridized carbons (Fsp3) is 0.250. The summed E-state index contributed by atoms with van der Waals surface area (Å²) in [5.41, 5.74) is 4.64. The molecule has 56 valence electrons. The van der Waals surface area contributed by atoms with E-state index in [4.69, 9.17) is 5.11 Å². The molecule has 3 nitrogen and oxygen atoms in total. The molecule has 9 heavy (non-hydrogen) atoms. The zero-order valence-corrected chi connectivity index (χ0v) is 6.24. The molecule has 1 amide bonds. The zero-order chi connectivity index (χ0) is 5.70. The molecular weight excluding hydrogens is 165 g/mol. The molecule has 0 aromatic rings. The first-order chi connectivity index (χ1) is 3.27. The predicted molar refractivity (Wildman–Crippen MR) is 39.9 cm³/mol. The predicted octanol–water partition coefficient (Wildman–Crippen LogP) is -0.136. The van der Waals surface area contributed by atoms with E-state index in [0.29, 0.717) is 0 Å². The van der Waals surface area contributed by atoms with Crippen LogP contribution < -0.4 is 5.73 Å². The van der Waals surface area contributed by atoms with E-state index in [1.54, 1.807) is 0 Å². The molecule has 0 aromatic carbocycles. The number of hydrogen-bond donors (Lipinski definition) is 2. The lowest BCUT2D eigenvalue weighted by Crippen LogP contribution is -2.05. The normalized spacial score (nSPS) is 7.67. The van der Waals surface area contributed by atoms with Gasteiger partial charge >= 0.3 is 0 Å². The Morgan fingerprint density at radius 2 is 2.00 bits per heavy atom. The Labute approximate surface area is 65.7 Å². The number of hydrogen-bond acceptors (Lipinski definition) is 2. The lowest BCUT2D eigenvalue weighted by atomic mass is 10.5. The number of amides is 1. The van der Waals surface area contributed by atoms with Crippen LogP contribution in [0.25, 0.3) is 0 Å². The molecule has 0 aliphatic rings. The van der Waals surface area contributed by atoms with E-state index in [1.807, 2.05) is 0 Å². The van der Waals surface area contributed by atoms with Crippen molar-refractivity contribution in [2.24, 2.45) is 5.73 Å². The Morgan fingerprint density at radius 3 is 2.11 bits per heavy atom. The smallest absolute Gasteiger partial charge is 0.241 e. The highest BCUT2D eigenvalue weighted by Crippen LogP contribution is 1.64. The van der Waals surface area contributed by atoms with Crippen LogP contribution in [0.15, 0.2) is 12.2 Å². The molecular formula is C4H9Cl2NO2. The number of rotatable bonds is 2. The van der Waals surface area contributed by atoms with Crippen LogP contribution in [0.5, 0.6) is 0 Å². The van der Waals surface area contributed by atoms with Gasteiger partial charge in [0.2, 0.25) is 5.91 Å². The first-order valence-electron chi connectivity index (χ1n) is 1.84. The summed E-state index contributed by atoms with van der Waals surface area (Å²) in [7, 11) is 0. The molecule has 0 aliphatic carbocycles. The number of nitrogens with two attached hydrogens (primary N) is 1. The second-order valence-corrected chi connectivity index (χ2v) is 0.987. The highest BCUT2D eigenvalue weighted by atomic mass is 35.5. The van der Waals surface area contributed by atoms with Crippen molar-refractivity contribution in [2.45, 2.75) is 0 Å². The van der Waals surface area contributed by atoms with Crippen molar-refractivity contribution in [1.29, 1.82) is 0 Å². The lowest BCUT2D eigenvalue weighted by Gasteiger charge is -1.74. The van der Waals surface area contributed by atoms with Gasteiger partial charge in [0.05, 0.1) is 6.61 Å². The molecule has 0 spiro atoms. The number of carbonyl (C=O) groups excluding carboxylic acids is 1. The van der Waals surface area contributed by atoms with Gasteiger partial charge < -0.3 is 10.8 Å².